The zero-order chi connectivity index (χ0) is 17.0. The third-order valence-corrected chi connectivity index (χ3v) is 6.88. The van der Waals surface area contributed by atoms with E-state index < -0.39 is 10.0 Å². The van der Waals surface area contributed by atoms with Gasteiger partial charge in [0, 0.05) is 31.4 Å². The summed E-state index contributed by atoms with van der Waals surface area (Å²) in [6.07, 6.45) is 4.28. The van der Waals surface area contributed by atoms with Crippen LogP contribution in [0.5, 0.6) is 0 Å². The van der Waals surface area contributed by atoms with Crippen LogP contribution in [0.15, 0.2) is 34.5 Å². The maximum absolute atomic E-state index is 12.3. The van der Waals surface area contributed by atoms with Crippen LogP contribution in [0.3, 0.4) is 0 Å². The minimum Gasteiger partial charge on any atom is -0.348 e. The Morgan fingerprint density at radius 1 is 1.21 bits per heavy atom. The molecule has 0 atom stereocenters. The molecule has 130 valence electrons. The number of thiazole rings is 1. The predicted octanol–water partition coefficient (Wildman–Crippen LogP) is 3.31. The molecule has 0 unspecified atom stereocenters. The number of sulfonamides is 1. The van der Waals surface area contributed by atoms with Crippen LogP contribution in [0, 0.1) is 0 Å². The Labute approximate surface area is 151 Å². The number of aromatic nitrogens is 1. The summed E-state index contributed by atoms with van der Waals surface area (Å²) >= 11 is 7.59. The molecule has 0 amide bonds. The van der Waals surface area contributed by atoms with E-state index in [1.54, 1.807) is 29.5 Å². The Kier molecular flexibility index (Phi) is 5.76. The van der Waals surface area contributed by atoms with Crippen LogP contribution in [-0.2, 0) is 16.4 Å². The van der Waals surface area contributed by atoms with E-state index in [4.69, 9.17) is 11.6 Å². The summed E-state index contributed by atoms with van der Waals surface area (Å²) in [5, 5.41) is 3.28. The molecular weight excluding hydrogens is 366 g/mol. The summed E-state index contributed by atoms with van der Waals surface area (Å²) < 4.78 is 27.1. The lowest BCUT2D eigenvalue weighted by Crippen LogP contribution is -2.29. The molecule has 8 heteroatoms. The predicted molar refractivity (Wildman–Crippen MR) is 98.5 cm³/mol. The first-order valence-electron chi connectivity index (χ1n) is 8.00. The molecule has 5 nitrogen and oxygen atoms in total. The average molecular weight is 386 g/mol. The fraction of sp³-hybridized carbons (Fsp3) is 0.438. The largest absolute Gasteiger partial charge is 0.348 e. The molecule has 2 heterocycles. The van der Waals surface area contributed by atoms with Crippen molar-refractivity contribution in [3.05, 3.63) is 40.4 Å². The molecule has 1 aromatic heterocycles. The Morgan fingerprint density at radius 3 is 2.71 bits per heavy atom. The molecule has 0 radical (unpaired) electrons. The normalized spacial score (nSPS) is 15.6. The molecule has 0 saturated carbocycles. The summed E-state index contributed by atoms with van der Waals surface area (Å²) in [4.78, 5) is 7.05. The van der Waals surface area contributed by atoms with Crippen molar-refractivity contribution in [2.24, 2.45) is 0 Å². The standard InChI is InChI=1S/C16H20ClN3O2S2/c17-14-6-2-3-7-15(14)24(21,22)18-9-8-13-12-23-16(19-13)20-10-4-1-5-11-20/h2-3,6-7,12,18H,1,4-5,8-11H2. The van der Waals surface area contributed by atoms with Gasteiger partial charge in [-0.05, 0) is 31.4 Å². The quantitative estimate of drug-likeness (QED) is 0.828. The first-order valence-corrected chi connectivity index (χ1v) is 10.7. The maximum Gasteiger partial charge on any atom is 0.242 e. The number of halogens is 1. The monoisotopic (exact) mass is 385 g/mol. The van der Waals surface area contributed by atoms with Gasteiger partial charge in [0.2, 0.25) is 10.0 Å². The lowest BCUT2D eigenvalue weighted by atomic mass is 10.1. The van der Waals surface area contributed by atoms with E-state index in [-0.39, 0.29) is 9.92 Å². The number of piperidine rings is 1. The molecule has 0 aliphatic carbocycles. The van der Waals surface area contributed by atoms with Crippen LogP contribution in [0.4, 0.5) is 5.13 Å². The van der Waals surface area contributed by atoms with E-state index in [1.165, 1.54) is 25.3 Å². The highest BCUT2D eigenvalue weighted by molar-refractivity contribution is 7.89. The van der Waals surface area contributed by atoms with Crippen molar-refractivity contribution in [3.8, 4) is 0 Å². The van der Waals surface area contributed by atoms with E-state index >= 15 is 0 Å². The summed E-state index contributed by atoms with van der Waals surface area (Å²) in [6, 6.07) is 6.44. The van der Waals surface area contributed by atoms with Crippen molar-refractivity contribution in [1.29, 1.82) is 0 Å². The molecule has 1 aliphatic heterocycles. The van der Waals surface area contributed by atoms with Gasteiger partial charge in [0.25, 0.3) is 0 Å². The molecule has 1 fully saturated rings. The average Bonchev–Trinajstić information content (AvgIpc) is 3.05. The molecule has 1 N–H and O–H groups in total. The van der Waals surface area contributed by atoms with Crippen LogP contribution in [0.1, 0.15) is 25.0 Å². The number of benzene rings is 1. The van der Waals surface area contributed by atoms with Crippen LogP contribution >= 0.6 is 22.9 Å². The number of hydrogen-bond donors (Lipinski definition) is 1. The molecule has 1 saturated heterocycles. The molecule has 0 spiro atoms. The molecule has 1 aromatic carbocycles. The molecule has 2 aromatic rings. The van der Waals surface area contributed by atoms with Gasteiger partial charge in [-0.2, -0.15) is 0 Å². The van der Waals surface area contributed by atoms with Crippen LogP contribution in [-0.4, -0.2) is 33.0 Å². The summed E-state index contributed by atoms with van der Waals surface area (Å²) in [6.45, 7) is 2.43. The zero-order valence-electron chi connectivity index (χ0n) is 13.2. The molecule has 24 heavy (non-hydrogen) atoms. The van der Waals surface area contributed by atoms with E-state index in [1.807, 2.05) is 5.38 Å². The second-order valence-corrected chi connectivity index (χ2v) is 8.73. The van der Waals surface area contributed by atoms with Gasteiger partial charge in [-0.15, -0.1) is 11.3 Å². The Balaban J connectivity index is 1.57. The minimum atomic E-state index is -3.59. The van der Waals surface area contributed by atoms with Gasteiger partial charge in [0.15, 0.2) is 5.13 Å². The first kappa shape index (κ1) is 17.7. The summed E-state index contributed by atoms with van der Waals surface area (Å²) in [5.74, 6) is 0. The third kappa shape index (κ3) is 4.27. The topological polar surface area (TPSA) is 62.3 Å². The smallest absolute Gasteiger partial charge is 0.242 e. The fourth-order valence-electron chi connectivity index (χ4n) is 2.70. The molecule has 1 aliphatic rings. The Hall–Kier alpha value is -1.15. The van der Waals surface area contributed by atoms with Gasteiger partial charge in [0.05, 0.1) is 10.7 Å². The number of nitrogens with one attached hydrogen (secondary N) is 1. The van der Waals surface area contributed by atoms with Crippen molar-refractivity contribution in [3.63, 3.8) is 0 Å². The van der Waals surface area contributed by atoms with Crippen molar-refractivity contribution >= 4 is 38.1 Å². The second kappa shape index (κ2) is 7.82. The zero-order valence-corrected chi connectivity index (χ0v) is 15.6. The number of nitrogens with zero attached hydrogens (tertiary/aromatic N) is 2. The Bertz CT molecular complexity index is 786. The van der Waals surface area contributed by atoms with E-state index in [9.17, 15) is 8.42 Å². The van der Waals surface area contributed by atoms with E-state index in [2.05, 4.69) is 14.6 Å². The Morgan fingerprint density at radius 2 is 1.96 bits per heavy atom. The van der Waals surface area contributed by atoms with Crippen molar-refractivity contribution < 1.29 is 8.42 Å². The van der Waals surface area contributed by atoms with E-state index in [0.717, 1.165) is 23.9 Å². The summed E-state index contributed by atoms with van der Waals surface area (Å²) in [7, 11) is -3.59. The minimum absolute atomic E-state index is 0.110. The fourth-order valence-corrected chi connectivity index (χ4v) is 5.16. The van der Waals surface area contributed by atoms with Crippen LogP contribution in [0.2, 0.25) is 5.02 Å². The van der Waals surface area contributed by atoms with Crippen molar-refractivity contribution in [2.45, 2.75) is 30.6 Å². The first-order chi connectivity index (χ1) is 11.6. The van der Waals surface area contributed by atoms with Crippen molar-refractivity contribution in [2.75, 3.05) is 24.5 Å². The third-order valence-electron chi connectivity index (χ3n) is 3.97. The van der Waals surface area contributed by atoms with Gasteiger partial charge in [-0.3, -0.25) is 0 Å². The number of rotatable bonds is 6. The highest BCUT2D eigenvalue weighted by atomic mass is 35.5. The molecule has 3 rings (SSSR count). The van der Waals surface area contributed by atoms with Gasteiger partial charge < -0.3 is 4.90 Å². The van der Waals surface area contributed by atoms with Gasteiger partial charge in [0.1, 0.15) is 4.90 Å². The van der Waals surface area contributed by atoms with Crippen LogP contribution in [0.25, 0.3) is 0 Å². The van der Waals surface area contributed by atoms with Crippen molar-refractivity contribution in [1.82, 2.24) is 9.71 Å². The lowest BCUT2D eigenvalue weighted by molar-refractivity contribution is 0.575. The molecular formula is C16H20ClN3O2S2. The van der Waals surface area contributed by atoms with E-state index in [0.29, 0.717) is 13.0 Å². The lowest BCUT2D eigenvalue weighted by Gasteiger charge is -2.25. The highest BCUT2D eigenvalue weighted by Crippen LogP contribution is 2.24. The maximum atomic E-state index is 12.3. The SMILES string of the molecule is O=S(=O)(NCCc1csc(N2CCCCC2)n1)c1ccccc1Cl. The van der Waals surface area contributed by atoms with Crippen LogP contribution < -0.4 is 9.62 Å². The molecule has 0 bridgehead atoms. The number of hydrogen-bond acceptors (Lipinski definition) is 5. The second-order valence-electron chi connectivity index (χ2n) is 5.75. The number of anilines is 1. The van der Waals surface area contributed by atoms with Gasteiger partial charge in [-0.25, -0.2) is 18.1 Å². The van der Waals surface area contributed by atoms with Gasteiger partial charge in [-0.1, -0.05) is 23.7 Å². The highest BCUT2D eigenvalue weighted by Gasteiger charge is 2.17. The summed E-state index contributed by atoms with van der Waals surface area (Å²) in [5.41, 5.74) is 0.919. The van der Waals surface area contributed by atoms with Gasteiger partial charge >= 0.3 is 0 Å².